The van der Waals surface area contributed by atoms with E-state index in [4.69, 9.17) is 16.2 Å². The molecule has 0 spiro atoms. The van der Waals surface area contributed by atoms with E-state index in [0.29, 0.717) is 37.9 Å². The number of nitrogens with two attached hydrogens (primary N) is 2. The Morgan fingerprint density at radius 1 is 1.29 bits per heavy atom. The van der Waals surface area contributed by atoms with Gasteiger partial charge in [-0.15, -0.1) is 0 Å². The zero-order valence-corrected chi connectivity index (χ0v) is 16.0. The van der Waals surface area contributed by atoms with Crippen LogP contribution in [0.25, 0.3) is 0 Å². The van der Waals surface area contributed by atoms with E-state index in [9.17, 15) is 18.0 Å². The second-order valence-corrected chi connectivity index (χ2v) is 9.66. The van der Waals surface area contributed by atoms with Gasteiger partial charge in [-0.05, 0) is 25.0 Å². The molecule has 0 bridgehead atoms. The third kappa shape index (κ3) is 5.35. The first-order chi connectivity index (χ1) is 11.2. The van der Waals surface area contributed by atoms with Crippen molar-refractivity contribution in [2.24, 2.45) is 11.5 Å². The maximum atomic E-state index is 12.7. The molecule has 0 saturated carbocycles. The monoisotopic (exact) mass is 380 g/mol. The van der Waals surface area contributed by atoms with Gasteiger partial charge in [0.15, 0.2) is 9.84 Å². The van der Waals surface area contributed by atoms with E-state index >= 15 is 0 Å². The summed E-state index contributed by atoms with van der Waals surface area (Å²) in [6.45, 7) is 3.77. The zero-order chi connectivity index (χ0) is 18.4. The van der Waals surface area contributed by atoms with E-state index in [1.807, 2.05) is 13.8 Å². The quantitative estimate of drug-likeness (QED) is 0.419. The Kier molecular flexibility index (Phi) is 8.01. The number of esters is 1. The molecule has 0 radical (unpaired) electrons. The number of hydrogen-bond donors (Lipinski definition) is 2. The van der Waals surface area contributed by atoms with Crippen LogP contribution in [0, 0.1) is 0 Å². The summed E-state index contributed by atoms with van der Waals surface area (Å²) in [7, 11) is -3.76. The van der Waals surface area contributed by atoms with Gasteiger partial charge in [0.05, 0.1) is 11.0 Å². The Labute approximate surface area is 148 Å². The van der Waals surface area contributed by atoms with E-state index in [0.717, 1.165) is 5.75 Å². The van der Waals surface area contributed by atoms with Crippen LogP contribution in [0.5, 0.6) is 0 Å². The van der Waals surface area contributed by atoms with Crippen LogP contribution >= 0.6 is 11.8 Å². The van der Waals surface area contributed by atoms with Crippen molar-refractivity contribution >= 4 is 33.5 Å². The Morgan fingerprint density at radius 3 is 2.29 bits per heavy atom. The molecule has 1 aliphatic rings. The molecule has 1 rings (SSSR count). The highest BCUT2D eigenvalue weighted by atomic mass is 32.2. The van der Waals surface area contributed by atoms with Gasteiger partial charge in [0.2, 0.25) is 11.4 Å². The molecule has 4 N–H and O–H groups in total. The minimum Gasteiger partial charge on any atom is -0.460 e. The Hall–Kier alpha value is -0.800. The van der Waals surface area contributed by atoms with Crippen LogP contribution in [0.2, 0.25) is 0 Å². The molecular formula is C15H28N2O5S2. The summed E-state index contributed by atoms with van der Waals surface area (Å²) in [6.07, 6.45) is 2.59. The van der Waals surface area contributed by atoms with Gasteiger partial charge in [-0.1, -0.05) is 26.7 Å². The molecule has 1 heterocycles. The van der Waals surface area contributed by atoms with Crippen molar-refractivity contribution in [3.05, 3.63) is 0 Å². The lowest BCUT2D eigenvalue weighted by molar-refractivity contribution is -0.156. The maximum absolute atomic E-state index is 12.7. The van der Waals surface area contributed by atoms with E-state index in [-0.39, 0.29) is 6.10 Å². The third-order valence-corrected chi connectivity index (χ3v) is 7.60. The lowest BCUT2D eigenvalue weighted by Gasteiger charge is -2.27. The lowest BCUT2D eigenvalue weighted by Crippen LogP contribution is -2.64. The number of amides is 1. The second-order valence-electron chi connectivity index (χ2n) is 6.23. The van der Waals surface area contributed by atoms with Gasteiger partial charge < -0.3 is 16.2 Å². The topological polar surface area (TPSA) is 130 Å². The summed E-state index contributed by atoms with van der Waals surface area (Å²) in [4.78, 5) is 24.1. The molecule has 1 fully saturated rings. The van der Waals surface area contributed by atoms with E-state index in [2.05, 4.69) is 0 Å². The summed E-state index contributed by atoms with van der Waals surface area (Å²) in [5.74, 6) is -1.56. The number of primary amides is 1. The molecule has 0 aliphatic carbocycles. The smallest absolute Gasteiger partial charge is 0.337 e. The predicted octanol–water partition coefficient (Wildman–Crippen LogP) is 0.602. The molecule has 1 amide bonds. The van der Waals surface area contributed by atoms with Crippen LogP contribution in [-0.2, 0) is 24.2 Å². The fourth-order valence-corrected chi connectivity index (χ4v) is 6.09. The number of ether oxygens (including phenoxy) is 1. The van der Waals surface area contributed by atoms with Crippen LogP contribution in [0.3, 0.4) is 0 Å². The molecule has 0 aromatic heterocycles. The second kappa shape index (κ2) is 9.05. The van der Waals surface area contributed by atoms with Crippen molar-refractivity contribution in [2.45, 2.75) is 62.8 Å². The summed E-state index contributed by atoms with van der Waals surface area (Å²) >= 11 is 1.62. The number of hydrogen-bond acceptors (Lipinski definition) is 7. The first-order valence-electron chi connectivity index (χ1n) is 8.26. The normalized spacial score (nSPS) is 20.8. The molecule has 9 heteroatoms. The summed E-state index contributed by atoms with van der Waals surface area (Å²) in [5, 5.41) is -0.635. The minimum absolute atomic E-state index is 0.352. The van der Waals surface area contributed by atoms with Gasteiger partial charge in [0.25, 0.3) is 0 Å². The van der Waals surface area contributed by atoms with Crippen LogP contribution in [0.15, 0.2) is 0 Å². The van der Waals surface area contributed by atoms with Gasteiger partial charge >= 0.3 is 5.97 Å². The third-order valence-electron chi connectivity index (χ3n) is 4.12. The van der Waals surface area contributed by atoms with Gasteiger partial charge in [-0.3, -0.25) is 4.79 Å². The summed E-state index contributed by atoms with van der Waals surface area (Å²) in [6, 6.07) is 0. The van der Waals surface area contributed by atoms with Gasteiger partial charge in [0, 0.05) is 5.75 Å². The molecule has 2 atom stereocenters. The molecule has 7 nitrogen and oxygen atoms in total. The SMILES string of the molecule is CCCC(CCC)S(=O)(=O)C[C@](N)(C(N)=O)C(=O)O[C@H]1CCSC1. The highest BCUT2D eigenvalue weighted by molar-refractivity contribution is 7.99. The highest BCUT2D eigenvalue weighted by Gasteiger charge is 2.48. The van der Waals surface area contributed by atoms with E-state index in [1.54, 1.807) is 11.8 Å². The van der Waals surface area contributed by atoms with Crippen molar-refractivity contribution < 1.29 is 22.7 Å². The van der Waals surface area contributed by atoms with Crippen LogP contribution < -0.4 is 11.5 Å². The van der Waals surface area contributed by atoms with Gasteiger partial charge in [-0.2, -0.15) is 11.8 Å². The van der Waals surface area contributed by atoms with Crippen LogP contribution in [0.4, 0.5) is 0 Å². The van der Waals surface area contributed by atoms with Crippen LogP contribution in [-0.4, -0.2) is 54.4 Å². The predicted molar refractivity (Wildman–Crippen MR) is 95.3 cm³/mol. The van der Waals surface area contributed by atoms with Crippen LogP contribution in [0.1, 0.15) is 46.0 Å². The molecule has 1 aliphatic heterocycles. The zero-order valence-electron chi connectivity index (χ0n) is 14.3. The highest BCUT2D eigenvalue weighted by Crippen LogP contribution is 2.23. The summed E-state index contributed by atoms with van der Waals surface area (Å²) in [5.41, 5.74) is 8.77. The average molecular weight is 381 g/mol. The largest absolute Gasteiger partial charge is 0.460 e. The first kappa shape index (κ1) is 21.2. The van der Waals surface area contributed by atoms with E-state index < -0.39 is 38.3 Å². The maximum Gasteiger partial charge on any atom is 0.337 e. The average Bonchev–Trinajstić information content (AvgIpc) is 2.99. The standard InChI is InChI=1S/C15H28N2O5S2/c1-3-5-12(6-4-2)24(20,21)10-15(17,13(16)18)14(19)22-11-7-8-23-9-11/h11-12H,3-10,17H2,1-2H3,(H2,16,18)/t11-,15-/m0/s1. The fraction of sp³-hybridized carbons (Fsp3) is 0.867. The molecule has 0 aromatic carbocycles. The van der Waals surface area contributed by atoms with Crippen molar-refractivity contribution in [2.75, 3.05) is 17.3 Å². The fourth-order valence-electron chi connectivity index (χ4n) is 2.68. The van der Waals surface area contributed by atoms with Crippen molar-refractivity contribution in [3.8, 4) is 0 Å². The molecular weight excluding hydrogens is 352 g/mol. The Bertz CT molecular complexity index is 540. The lowest BCUT2D eigenvalue weighted by atomic mass is 10.0. The molecule has 0 aromatic rings. The minimum atomic E-state index is -3.76. The van der Waals surface area contributed by atoms with Crippen molar-refractivity contribution in [1.29, 1.82) is 0 Å². The number of thioether (sulfide) groups is 1. The molecule has 140 valence electrons. The Morgan fingerprint density at radius 2 is 1.88 bits per heavy atom. The van der Waals surface area contributed by atoms with Crippen molar-refractivity contribution in [3.63, 3.8) is 0 Å². The van der Waals surface area contributed by atoms with E-state index in [1.165, 1.54) is 0 Å². The number of carbonyl (C=O) groups is 2. The van der Waals surface area contributed by atoms with Gasteiger partial charge in [0.1, 0.15) is 6.10 Å². The molecule has 0 unspecified atom stereocenters. The summed E-state index contributed by atoms with van der Waals surface area (Å²) < 4.78 is 30.6. The number of rotatable bonds is 10. The number of sulfone groups is 1. The first-order valence-corrected chi connectivity index (χ1v) is 11.1. The molecule has 24 heavy (non-hydrogen) atoms. The number of carbonyl (C=O) groups excluding carboxylic acids is 2. The van der Waals surface area contributed by atoms with Crippen molar-refractivity contribution in [1.82, 2.24) is 0 Å². The Balaban J connectivity index is 2.96. The van der Waals surface area contributed by atoms with Gasteiger partial charge in [-0.25, -0.2) is 13.2 Å². The molecule has 1 saturated heterocycles.